The van der Waals surface area contributed by atoms with Gasteiger partial charge in [-0.15, -0.1) is 11.3 Å². The summed E-state index contributed by atoms with van der Waals surface area (Å²) in [5.74, 6) is 1.23. The Morgan fingerprint density at radius 3 is 2.83 bits per heavy atom. The topological polar surface area (TPSA) is 15.3 Å². The van der Waals surface area contributed by atoms with Gasteiger partial charge in [-0.2, -0.15) is 11.8 Å². The molecule has 0 spiro atoms. The van der Waals surface area contributed by atoms with Crippen molar-refractivity contribution in [2.24, 2.45) is 0 Å². The lowest BCUT2D eigenvalue weighted by atomic mass is 10.2. The van der Waals surface area contributed by atoms with Crippen molar-refractivity contribution in [1.29, 1.82) is 0 Å². The van der Waals surface area contributed by atoms with Gasteiger partial charge in [0.05, 0.1) is 0 Å². The summed E-state index contributed by atoms with van der Waals surface area (Å²) >= 11 is 3.79. The average molecular weight is 287 g/mol. The molecule has 0 saturated heterocycles. The van der Waals surface area contributed by atoms with E-state index < -0.39 is 0 Å². The van der Waals surface area contributed by atoms with Crippen LogP contribution in [0.2, 0.25) is 0 Å². The normalized spacial score (nSPS) is 13.2. The van der Waals surface area contributed by atoms with Gasteiger partial charge in [-0.05, 0) is 43.7 Å². The molecule has 1 unspecified atom stereocenters. The standard InChI is InChI=1S/C14H26N2S2/c1-5-13(11-17-4)16(3)8-7-15-10-14-12(2)6-9-18-14/h6,9,13,15H,5,7-8,10-11H2,1-4H3. The van der Waals surface area contributed by atoms with Gasteiger partial charge in [0.2, 0.25) is 0 Å². The SMILES string of the molecule is CCC(CSC)N(C)CCNCc1sccc1C. The molecule has 0 saturated carbocycles. The Labute approximate surface area is 120 Å². The van der Waals surface area contributed by atoms with Gasteiger partial charge in [-0.1, -0.05) is 6.92 Å². The number of nitrogens with one attached hydrogen (secondary N) is 1. The van der Waals surface area contributed by atoms with Crippen LogP contribution in [-0.2, 0) is 6.54 Å². The molecule has 0 bridgehead atoms. The van der Waals surface area contributed by atoms with Crippen molar-refractivity contribution >= 4 is 23.1 Å². The lowest BCUT2D eigenvalue weighted by Crippen LogP contribution is -2.38. The molecule has 0 aliphatic rings. The Balaban J connectivity index is 2.19. The van der Waals surface area contributed by atoms with E-state index in [0.717, 1.165) is 19.6 Å². The molecule has 0 amide bonds. The van der Waals surface area contributed by atoms with E-state index in [1.165, 1.54) is 22.6 Å². The average Bonchev–Trinajstić information content (AvgIpc) is 2.77. The minimum absolute atomic E-state index is 0.713. The highest BCUT2D eigenvalue weighted by Crippen LogP contribution is 2.14. The van der Waals surface area contributed by atoms with Crippen molar-refractivity contribution < 1.29 is 0 Å². The minimum Gasteiger partial charge on any atom is -0.311 e. The van der Waals surface area contributed by atoms with Gasteiger partial charge in [0, 0.05) is 36.3 Å². The largest absolute Gasteiger partial charge is 0.311 e. The highest BCUT2D eigenvalue weighted by Gasteiger charge is 2.11. The summed E-state index contributed by atoms with van der Waals surface area (Å²) in [6, 6.07) is 2.91. The smallest absolute Gasteiger partial charge is 0.0302 e. The molecule has 0 fully saturated rings. The van der Waals surface area contributed by atoms with Crippen LogP contribution in [0.4, 0.5) is 0 Å². The summed E-state index contributed by atoms with van der Waals surface area (Å²) in [4.78, 5) is 3.94. The van der Waals surface area contributed by atoms with E-state index in [1.807, 2.05) is 23.1 Å². The Morgan fingerprint density at radius 1 is 1.50 bits per heavy atom. The first-order valence-electron chi connectivity index (χ1n) is 6.61. The maximum absolute atomic E-state index is 3.54. The maximum Gasteiger partial charge on any atom is 0.0302 e. The Kier molecular flexibility index (Phi) is 7.98. The fourth-order valence-electron chi connectivity index (χ4n) is 1.97. The van der Waals surface area contributed by atoms with Crippen molar-refractivity contribution in [2.75, 3.05) is 32.1 Å². The molecule has 0 radical (unpaired) electrons. The van der Waals surface area contributed by atoms with Crippen molar-refractivity contribution in [1.82, 2.24) is 10.2 Å². The highest BCUT2D eigenvalue weighted by atomic mass is 32.2. The molecule has 4 heteroatoms. The van der Waals surface area contributed by atoms with Crippen LogP contribution in [0.5, 0.6) is 0 Å². The first-order valence-corrected chi connectivity index (χ1v) is 8.89. The zero-order chi connectivity index (χ0) is 13.4. The number of hydrogen-bond donors (Lipinski definition) is 1. The Bertz CT molecular complexity index is 325. The van der Waals surface area contributed by atoms with Crippen LogP contribution >= 0.6 is 23.1 Å². The van der Waals surface area contributed by atoms with E-state index >= 15 is 0 Å². The van der Waals surface area contributed by atoms with Crippen molar-refractivity contribution in [3.63, 3.8) is 0 Å². The van der Waals surface area contributed by atoms with Gasteiger partial charge >= 0.3 is 0 Å². The summed E-state index contributed by atoms with van der Waals surface area (Å²) in [6.07, 6.45) is 3.43. The number of likely N-dealkylation sites (N-methyl/N-ethyl adjacent to an activating group) is 1. The first-order chi connectivity index (χ1) is 8.69. The number of rotatable bonds is 9. The summed E-state index contributed by atoms with van der Waals surface area (Å²) < 4.78 is 0. The van der Waals surface area contributed by atoms with E-state index in [-0.39, 0.29) is 0 Å². The molecule has 1 aromatic rings. The van der Waals surface area contributed by atoms with E-state index in [2.05, 4.69) is 48.8 Å². The first kappa shape index (κ1) is 16.0. The van der Waals surface area contributed by atoms with Crippen LogP contribution in [0.3, 0.4) is 0 Å². The van der Waals surface area contributed by atoms with Gasteiger partial charge in [-0.25, -0.2) is 0 Å². The van der Waals surface area contributed by atoms with E-state index in [4.69, 9.17) is 0 Å². The van der Waals surface area contributed by atoms with Crippen molar-refractivity contribution in [3.05, 3.63) is 21.9 Å². The molecule has 1 heterocycles. The minimum atomic E-state index is 0.713. The van der Waals surface area contributed by atoms with E-state index in [0.29, 0.717) is 6.04 Å². The van der Waals surface area contributed by atoms with Crippen LogP contribution in [-0.4, -0.2) is 43.1 Å². The molecule has 18 heavy (non-hydrogen) atoms. The molecular formula is C14H26N2S2. The third-order valence-corrected chi connectivity index (χ3v) is 5.09. The van der Waals surface area contributed by atoms with Crippen molar-refractivity contribution in [3.8, 4) is 0 Å². The lowest BCUT2D eigenvalue weighted by Gasteiger charge is -2.26. The molecule has 1 rings (SSSR count). The van der Waals surface area contributed by atoms with Gasteiger partial charge in [0.15, 0.2) is 0 Å². The molecule has 1 N–H and O–H groups in total. The van der Waals surface area contributed by atoms with Crippen LogP contribution in [0, 0.1) is 6.92 Å². The third-order valence-electron chi connectivity index (χ3n) is 3.35. The summed E-state index contributed by atoms with van der Waals surface area (Å²) in [6.45, 7) is 7.67. The lowest BCUT2D eigenvalue weighted by molar-refractivity contribution is 0.256. The highest BCUT2D eigenvalue weighted by molar-refractivity contribution is 7.98. The number of nitrogens with zero attached hydrogens (tertiary/aromatic N) is 1. The second kappa shape index (κ2) is 8.97. The predicted molar refractivity (Wildman–Crippen MR) is 85.9 cm³/mol. The third kappa shape index (κ3) is 5.31. The summed E-state index contributed by atoms with van der Waals surface area (Å²) in [7, 11) is 2.24. The van der Waals surface area contributed by atoms with Gasteiger partial charge in [-0.3, -0.25) is 0 Å². The fourth-order valence-corrected chi connectivity index (χ4v) is 3.72. The van der Waals surface area contributed by atoms with E-state index in [9.17, 15) is 0 Å². The molecule has 2 nitrogen and oxygen atoms in total. The second-order valence-electron chi connectivity index (χ2n) is 4.70. The fraction of sp³-hybridized carbons (Fsp3) is 0.714. The monoisotopic (exact) mass is 286 g/mol. The number of thioether (sulfide) groups is 1. The zero-order valence-electron chi connectivity index (χ0n) is 12.0. The van der Waals surface area contributed by atoms with Crippen LogP contribution in [0.25, 0.3) is 0 Å². The molecule has 0 aliphatic carbocycles. The quantitative estimate of drug-likeness (QED) is 0.702. The number of thiophene rings is 1. The van der Waals surface area contributed by atoms with Crippen LogP contribution in [0.15, 0.2) is 11.4 Å². The van der Waals surface area contributed by atoms with E-state index in [1.54, 1.807) is 0 Å². The summed E-state index contributed by atoms with van der Waals surface area (Å²) in [5.41, 5.74) is 1.41. The molecule has 0 aliphatic heterocycles. The molecule has 0 aromatic carbocycles. The molecule has 1 atom stereocenters. The maximum atomic E-state index is 3.54. The van der Waals surface area contributed by atoms with Gasteiger partial charge in [0.1, 0.15) is 0 Å². The summed E-state index contributed by atoms with van der Waals surface area (Å²) in [5, 5.41) is 5.71. The molecular weight excluding hydrogens is 260 g/mol. The van der Waals surface area contributed by atoms with Crippen LogP contribution in [0.1, 0.15) is 23.8 Å². The van der Waals surface area contributed by atoms with Gasteiger partial charge in [0.25, 0.3) is 0 Å². The molecule has 1 aromatic heterocycles. The van der Waals surface area contributed by atoms with Gasteiger partial charge < -0.3 is 10.2 Å². The number of aryl methyl sites for hydroxylation is 1. The second-order valence-corrected chi connectivity index (χ2v) is 6.61. The number of hydrogen-bond acceptors (Lipinski definition) is 4. The Hall–Kier alpha value is -0.0300. The van der Waals surface area contributed by atoms with Crippen LogP contribution < -0.4 is 5.32 Å². The molecule has 104 valence electrons. The predicted octanol–water partition coefficient (Wildman–Crippen LogP) is 3.22. The van der Waals surface area contributed by atoms with Crippen molar-refractivity contribution in [2.45, 2.75) is 32.9 Å². The zero-order valence-corrected chi connectivity index (χ0v) is 13.7. The Morgan fingerprint density at radius 2 is 2.28 bits per heavy atom.